The van der Waals surface area contributed by atoms with Crippen molar-refractivity contribution in [3.63, 3.8) is 0 Å². The monoisotopic (exact) mass is 303 g/mol. The average molecular weight is 303 g/mol. The van der Waals surface area contributed by atoms with Crippen molar-refractivity contribution >= 4 is 36.2 Å². The third-order valence-corrected chi connectivity index (χ3v) is 4.29. The zero-order valence-corrected chi connectivity index (χ0v) is 12.8. The smallest absolute Gasteiger partial charge is 0.260 e. The molecule has 2 N–H and O–H groups in total. The molecule has 5 nitrogen and oxygen atoms in total. The molecule has 0 saturated carbocycles. The molecule has 112 valence electrons. The normalized spacial score (nSPS) is 18.8. The molecule has 6 heteroatoms. The summed E-state index contributed by atoms with van der Waals surface area (Å²) < 4.78 is 0. The molecule has 4 rings (SSSR count). The number of carbonyl (C=O) groups excluding carboxylic acids is 1. The number of hydrogen-bond acceptors (Lipinski definition) is 4. The van der Waals surface area contributed by atoms with Gasteiger partial charge < -0.3 is 4.90 Å². The summed E-state index contributed by atoms with van der Waals surface area (Å²) in [5, 5.41) is 11.1. The third kappa shape index (κ3) is 1.85. The van der Waals surface area contributed by atoms with E-state index in [-0.39, 0.29) is 5.91 Å². The number of nitrogens with one attached hydrogen (secondary N) is 1. The van der Waals surface area contributed by atoms with E-state index in [1.807, 2.05) is 50.3 Å². The molecular weight excluding hydrogens is 289 g/mol. The number of hydroxylamine groups is 1. The predicted molar refractivity (Wildman–Crippen MR) is 90.5 cm³/mol. The van der Waals surface area contributed by atoms with Gasteiger partial charge in [-0.25, -0.2) is 4.99 Å². The van der Waals surface area contributed by atoms with Crippen molar-refractivity contribution < 1.29 is 10.0 Å². The van der Waals surface area contributed by atoms with Gasteiger partial charge in [-0.3, -0.25) is 15.5 Å². The summed E-state index contributed by atoms with van der Waals surface area (Å²) in [6.07, 6.45) is 0. The zero-order valence-electron chi connectivity index (χ0n) is 12.8. The highest BCUT2D eigenvalue weighted by molar-refractivity contribution is 6.37. The third-order valence-electron chi connectivity index (χ3n) is 4.29. The van der Waals surface area contributed by atoms with E-state index in [0.717, 1.165) is 27.3 Å². The number of likely N-dealkylation sites (N-methyl/N-ethyl adjacent to an activating group) is 1. The van der Waals surface area contributed by atoms with Gasteiger partial charge in [0.05, 0.1) is 22.3 Å². The van der Waals surface area contributed by atoms with Crippen molar-refractivity contribution in [2.24, 2.45) is 4.99 Å². The maximum atomic E-state index is 12.8. The summed E-state index contributed by atoms with van der Waals surface area (Å²) in [4.78, 5) is 18.9. The Hall–Kier alpha value is -2.86. The lowest BCUT2D eigenvalue weighted by atomic mass is 9.93. The molecule has 2 aromatic carbocycles. The van der Waals surface area contributed by atoms with Crippen LogP contribution in [0.25, 0.3) is 11.3 Å². The fourth-order valence-electron chi connectivity index (χ4n) is 3.13. The molecule has 2 heterocycles. The van der Waals surface area contributed by atoms with Gasteiger partial charge in [-0.2, -0.15) is 0 Å². The Labute approximate surface area is 133 Å². The lowest BCUT2D eigenvalue weighted by Crippen LogP contribution is -2.26. The van der Waals surface area contributed by atoms with Crippen LogP contribution in [0.1, 0.15) is 5.56 Å². The van der Waals surface area contributed by atoms with E-state index in [2.05, 4.69) is 10.5 Å². The van der Waals surface area contributed by atoms with Gasteiger partial charge in [-0.15, -0.1) is 0 Å². The molecule has 0 aromatic heterocycles. The molecular formula is C17H14BN3O2. The van der Waals surface area contributed by atoms with Crippen LogP contribution in [0, 0.1) is 0 Å². The average Bonchev–Trinajstić information content (AvgIpc) is 3.03. The van der Waals surface area contributed by atoms with Crippen molar-refractivity contribution in [2.75, 3.05) is 11.9 Å². The molecule has 0 radical (unpaired) electrons. The van der Waals surface area contributed by atoms with Gasteiger partial charge in [0.2, 0.25) is 0 Å². The molecule has 23 heavy (non-hydrogen) atoms. The number of fused-ring (bicyclic) bond motifs is 2. The van der Waals surface area contributed by atoms with Crippen LogP contribution in [0.5, 0.6) is 0 Å². The molecule has 1 amide bonds. The minimum atomic E-state index is -0.120. The summed E-state index contributed by atoms with van der Waals surface area (Å²) in [6.45, 7) is 0. The number of amides is 1. The van der Waals surface area contributed by atoms with Crippen molar-refractivity contribution in [2.45, 2.75) is 0 Å². The van der Waals surface area contributed by atoms with Gasteiger partial charge in [0.1, 0.15) is 13.5 Å². The van der Waals surface area contributed by atoms with Gasteiger partial charge in [0.15, 0.2) is 0 Å². The molecule has 2 aromatic rings. The van der Waals surface area contributed by atoms with Crippen LogP contribution in [-0.2, 0) is 4.79 Å². The van der Waals surface area contributed by atoms with Crippen LogP contribution < -0.4 is 26.4 Å². The van der Waals surface area contributed by atoms with Gasteiger partial charge in [-0.1, -0.05) is 35.8 Å². The Morgan fingerprint density at radius 2 is 2.00 bits per heavy atom. The second kappa shape index (κ2) is 4.82. The van der Waals surface area contributed by atoms with E-state index >= 15 is 0 Å². The number of nitrogens with zero attached hydrogens (tertiary/aromatic N) is 2. The molecule has 0 spiro atoms. The highest BCUT2D eigenvalue weighted by Crippen LogP contribution is 2.38. The Morgan fingerprint density at radius 3 is 2.78 bits per heavy atom. The van der Waals surface area contributed by atoms with Crippen LogP contribution in [-0.4, -0.2) is 26.0 Å². The van der Waals surface area contributed by atoms with E-state index in [0.29, 0.717) is 17.0 Å². The standard InChI is InChI=1S/C17H14BN3O2/c1-21-13-8-9(18)6-7-11(13)14(17(21)22)16-15(20-23)10-4-2-3-5-12(10)19-16/h2-8,20,23H,18H2,1H3/b16-14-. The van der Waals surface area contributed by atoms with Gasteiger partial charge >= 0.3 is 0 Å². The number of para-hydroxylation sites is 1. The molecule has 0 fully saturated rings. The lowest BCUT2D eigenvalue weighted by molar-refractivity contribution is -0.112. The molecule has 0 saturated heterocycles. The van der Waals surface area contributed by atoms with Crippen LogP contribution in [0.4, 0.5) is 5.69 Å². The summed E-state index contributed by atoms with van der Waals surface area (Å²) in [5.41, 5.74) is 6.46. The Kier molecular flexibility index (Phi) is 2.89. The van der Waals surface area contributed by atoms with E-state index < -0.39 is 0 Å². The second-order valence-corrected chi connectivity index (χ2v) is 5.72. The number of benzene rings is 2. The lowest BCUT2D eigenvalue weighted by Gasteiger charge is -2.09. The molecule has 2 aliphatic heterocycles. The first-order valence-electron chi connectivity index (χ1n) is 7.33. The van der Waals surface area contributed by atoms with E-state index in [4.69, 9.17) is 0 Å². The quantitative estimate of drug-likeness (QED) is 0.406. The maximum absolute atomic E-state index is 12.8. The molecule has 0 unspecified atom stereocenters. The van der Waals surface area contributed by atoms with Gasteiger partial charge in [-0.05, 0) is 12.1 Å². The zero-order chi connectivity index (χ0) is 16.1. The second-order valence-electron chi connectivity index (χ2n) is 5.72. The Balaban J connectivity index is 2.07. The van der Waals surface area contributed by atoms with Crippen molar-refractivity contribution in [3.05, 3.63) is 64.3 Å². The predicted octanol–water partition coefficient (Wildman–Crippen LogP) is -0.947. The van der Waals surface area contributed by atoms with Crippen molar-refractivity contribution in [1.82, 2.24) is 5.48 Å². The number of hydrogen-bond donors (Lipinski definition) is 2. The number of rotatable bonds is 1. The number of anilines is 1. The highest BCUT2D eigenvalue weighted by Gasteiger charge is 2.34. The first-order valence-corrected chi connectivity index (χ1v) is 7.33. The van der Waals surface area contributed by atoms with E-state index in [1.54, 1.807) is 11.9 Å². The van der Waals surface area contributed by atoms with E-state index in [9.17, 15) is 10.0 Å². The van der Waals surface area contributed by atoms with Crippen LogP contribution in [0.15, 0.2) is 53.2 Å². The maximum Gasteiger partial charge on any atom is 0.260 e. The number of carbonyl (C=O) groups is 1. The van der Waals surface area contributed by atoms with Gasteiger partial charge in [0, 0.05) is 17.8 Å². The summed E-state index contributed by atoms with van der Waals surface area (Å²) in [5.74, 6) is -0.120. The van der Waals surface area contributed by atoms with E-state index in [1.165, 1.54) is 0 Å². The first kappa shape index (κ1) is 13.8. The topological polar surface area (TPSA) is 64.9 Å². The molecule has 2 aliphatic rings. The summed E-state index contributed by atoms with van der Waals surface area (Å²) in [7, 11) is 3.74. The summed E-state index contributed by atoms with van der Waals surface area (Å²) in [6, 6.07) is 13.4. The van der Waals surface area contributed by atoms with Crippen molar-refractivity contribution in [3.8, 4) is 0 Å². The fraction of sp³-hybridized carbons (Fsp3) is 0.0588. The van der Waals surface area contributed by atoms with Gasteiger partial charge in [0.25, 0.3) is 5.91 Å². The largest absolute Gasteiger partial charge is 0.311 e. The molecule has 0 aliphatic carbocycles. The minimum absolute atomic E-state index is 0.120. The highest BCUT2D eigenvalue weighted by atomic mass is 16.5. The summed E-state index contributed by atoms with van der Waals surface area (Å²) >= 11 is 0. The van der Waals surface area contributed by atoms with Crippen LogP contribution in [0.2, 0.25) is 0 Å². The Morgan fingerprint density at radius 1 is 1.22 bits per heavy atom. The first-order chi connectivity index (χ1) is 11.1. The Bertz CT molecular complexity index is 1010. The minimum Gasteiger partial charge on any atom is -0.311 e. The van der Waals surface area contributed by atoms with Crippen LogP contribution >= 0.6 is 0 Å². The van der Waals surface area contributed by atoms with Crippen LogP contribution in [0.3, 0.4) is 0 Å². The SMILES string of the molecule is Bc1ccc2c(c1)N(C)C(=O)/C2=C1\N=c2ccccc2=C1NO. The molecule has 0 atom stereocenters. The molecule has 0 bridgehead atoms. The fourth-order valence-corrected chi connectivity index (χ4v) is 3.13. The van der Waals surface area contributed by atoms with Crippen molar-refractivity contribution in [1.29, 1.82) is 0 Å².